The van der Waals surface area contributed by atoms with Crippen molar-refractivity contribution in [1.29, 1.82) is 0 Å². The smallest absolute Gasteiger partial charge is 0.220 e. The first-order valence-electron chi connectivity index (χ1n) is 37.1. The summed E-state index contributed by atoms with van der Waals surface area (Å²) in [4.78, 5) is 13.1. The third-order valence-electron chi connectivity index (χ3n) is 17.1. The molecule has 0 aromatic heterocycles. The standard InChI is InChI=1S/C79H139NO8/c1-3-5-7-9-11-13-15-17-19-21-23-25-27-29-31-33-35-36-37-38-39-41-43-45-47-49-51-53-55-57-59-61-63-65-67-69-75(83)80-72(71-87-79-78(86)77(85)76(84)74(70-81)88-79)73(82)68-66-64-62-60-58-56-54-52-50-48-46-44-42-40-34-32-30-28-26-24-22-20-18-16-14-12-10-8-6-4-2/h5,7,11,13,17,19,23,25,29,31,35-36,50,52,58,60,66,68,72-74,76-79,81-82,84-86H,3-4,6,8-10,12,14-16,18,20-22,24,26-28,30,32-34,37-49,51,53-57,59,61-65,67,69-71H2,1-2H3,(H,80,83)/b7-5-,13-11-,19-17-,25-23-,31-29-,36-35-,52-50+,60-58+,68-66+. The van der Waals surface area contributed by atoms with Crippen LogP contribution >= 0.6 is 0 Å². The van der Waals surface area contributed by atoms with Crippen molar-refractivity contribution in [1.82, 2.24) is 5.32 Å². The molecule has 1 amide bonds. The molecule has 0 spiro atoms. The van der Waals surface area contributed by atoms with Gasteiger partial charge in [-0.15, -0.1) is 0 Å². The molecule has 0 saturated carbocycles. The summed E-state index contributed by atoms with van der Waals surface area (Å²) in [5, 5.41) is 54.8. The number of hydrogen-bond donors (Lipinski definition) is 6. The van der Waals surface area contributed by atoms with Gasteiger partial charge in [-0.25, -0.2) is 0 Å². The van der Waals surface area contributed by atoms with Gasteiger partial charge in [-0.1, -0.05) is 335 Å². The molecule has 1 heterocycles. The first-order chi connectivity index (χ1) is 43.3. The van der Waals surface area contributed by atoms with Crippen molar-refractivity contribution in [2.45, 2.75) is 371 Å². The number of carbonyl (C=O) groups is 1. The number of unbranched alkanes of at least 4 members (excludes halogenated alkanes) is 38. The molecule has 0 aliphatic carbocycles. The van der Waals surface area contributed by atoms with Gasteiger partial charge >= 0.3 is 0 Å². The van der Waals surface area contributed by atoms with Crippen molar-refractivity contribution < 1.29 is 39.8 Å². The van der Waals surface area contributed by atoms with Crippen LogP contribution in [0.3, 0.4) is 0 Å². The monoisotopic (exact) mass is 1230 g/mol. The van der Waals surface area contributed by atoms with Crippen LogP contribution in [0.1, 0.15) is 328 Å². The molecule has 1 aliphatic heterocycles. The normalized spacial score (nSPS) is 18.6. The average molecular weight is 1230 g/mol. The summed E-state index contributed by atoms with van der Waals surface area (Å²) < 4.78 is 11.3. The van der Waals surface area contributed by atoms with Crippen LogP contribution in [-0.2, 0) is 14.3 Å². The largest absolute Gasteiger partial charge is 0.394 e. The number of carbonyl (C=O) groups excluding carboxylic acids is 1. The number of rotatable bonds is 64. The molecule has 7 atom stereocenters. The minimum atomic E-state index is -1.58. The first-order valence-corrected chi connectivity index (χ1v) is 37.1. The summed E-state index contributed by atoms with van der Waals surface area (Å²) in [6.07, 6.45) is 92.1. The van der Waals surface area contributed by atoms with Crippen LogP contribution in [-0.4, -0.2) is 87.5 Å². The number of allylic oxidation sites excluding steroid dienone is 17. The number of ether oxygens (including phenoxy) is 2. The SMILES string of the molecule is CC/C=C\C/C=C\C/C=C\C/C=C\C/C=C\C/C=C\CCCCCCCCCCCCCCCCCCC(=O)NC(COC1OC(CO)C(O)C(O)C1O)C(O)/C=C/CC/C=C/CC/C=C/CCCCCCCCCCCCCCCCCCCCCC. The lowest BCUT2D eigenvalue weighted by molar-refractivity contribution is -0.302. The molecule has 7 unspecified atom stereocenters. The maximum Gasteiger partial charge on any atom is 0.220 e. The van der Waals surface area contributed by atoms with Gasteiger partial charge in [0, 0.05) is 6.42 Å². The second-order valence-corrected chi connectivity index (χ2v) is 25.3. The second-order valence-electron chi connectivity index (χ2n) is 25.3. The Morgan fingerprint density at radius 3 is 1.09 bits per heavy atom. The Hall–Kier alpha value is -3.15. The number of aliphatic hydroxyl groups is 5. The summed E-state index contributed by atoms with van der Waals surface area (Å²) >= 11 is 0. The first kappa shape index (κ1) is 82.9. The molecule has 0 bridgehead atoms. The van der Waals surface area contributed by atoms with E-state index < -0.39 is 49.5 Å². The van der Waals surface area contributed by atoms with Crippen LogP contribution < -0.4 is 5.32 Å². The highest BCUT2D eigenvalue weighted by atomic mass is 16.7. The highest BCUT2D eigenvalue weighted by molar-refractivity contribution is 5.76. The quantitative estimate of drug-likeness (QED) is 0.0261. The Balaban J connectivity index is 2.14. The van der Waals surface area contributed by atoms with Gasteiger partial charge in [0.1, 0.15) is 24.4 Å². The Labute approximate surface area is 542 Å². The minimum Gasteiger partial charge on any atom is -0.394 e. The topological polar surface area (TPSA) is 149 Å². The summed E-state index contributed by atoms with van der Waals surface area (Å²) in [6, 6.07) is -0.836. The van der Waals surface area contributed by atoms with E-state index in [4.69, 9.17) is 9.47 Å². The van der Waals surface area contributed by atoms with Crippen LogP contribution in [0.15, 0.2) is 109 Å². The van der Waals surface area contributed by atoms with Gasteiger partial charge in [-0.2, -0.15) is 0 Å². The second kappa shape index (κ2) is 66.8. The summed E-state index contributed by atoms with van der Waals surface area (Å²) in [5.74, 6) is -0.190. The van der Waals surface area contributed by atoms with Crippen LogP contribution in [0.2, 0.25) is 0 Å². The minimum absolute atomic E-state index is 0.190. The van der Waals surface area contributed by atoms with Crippen LogP contribution in [0.25, 0.3) is 0 Å². The van der Waals surface area contributed by atoms with E-state index in [9.17, 15) is 30.3 Å². The zero-order chi connectivity index (χ0) is 63.5. The highest BCUT2D eigenvalue weighted by Crippen LogP contribution is 2.23. The van der Waals surface area contributed by atoms with Crippen LogP contribution in [0.5, 0.6) is 0 Å². The fourth-order valence-corrected chi connectivity index (χ4v) is 11.3. The van der Waals surface area contributed by atoms with Crippen molar-refractivity contribution in [2.75, 3.05) is 13.2 Å². The van der Waals surface area contributed by atoms with Gasteiger partial charge < -0.3 is 40.3 Å². The third-order valence-corrected chi connectivity index (χ3v) is 17.1. The molecule has 1 aliphatic rings. The molecule has 88 heavy (non-hydrogen) atoms. The van der Waals surface area contributed by atoms with E-state index in [1.165, 1.54) is 225 Å². The number of aliphatic hydroxyl groups excluding tert-OH is 5. The molecule has 1 rings (SSSR count). The maximum absolute atomic E-state index is 13.1. The Morgan fingerprint density at radius 1 is 0.398 bits per heavy atom. The highest BCUT2D eigenvalue weighted by Gasteiger charge is 2.44. The van der Waals surface area contributed by atoms with E-state index in [2.05, 4.69) is 116 Å². The van der Waals surface area contributed by atoms with E-state index in [0.29, 0.717) is 6.42 Å². The fourth-order valence-electron chi connectivity index (χ4n) is 11.3. The van der Waals surface area contributed by atoms with Crippen molar-refractivity contribution in [3.8, 4) is 0 Å². The van der Waals surface area contributed by atoms with Crippen molar-refractivity contribution in [3.63, 3.8) is 0 Å². The van der Waals surface area contributed by atoms with Gasteiger partial charge in [0.25, 0.3) is 0 Å². The zero-order valence-corrected chi connectivity index (χ0v) is 57.0. The molecular formula is C79H139NO8. The van der Waals surface area contributed by atoms with Crippen LogP contribution in [0.4, 0.5) is 0 Å². The molecule has 6 N–H and O–H groups in total. The predicted octanol–water partition coefficient (Wildman–Crippen LogP) is 20.8. The Morgan fingerprint density at radius 2 is 0.716 bits per heavy atom. The van der Waals surface area contributed by atoms with E-state index in [0.717, 1.165) is 83.5 Å². The number of amides is 1. The summed E-state index contributed by atoms with van der Waals surface area (Å²) in [6.45, 7) is 3.68. The molecular weight excluding hydrogens is 1090 g/mol. The molecule has 1 fully saturated rings. The maximum atomic E-state index is 13.1. The Kier molecular flexibility index (Phi) is 62.9. The molecule has 1 saturated heterocycles. The average Bonchev–Trinajstić information content (AvgIpc) is 3.65. The van der Waals surface area contributed by atoms with Crippen molar-refractivity contribution >= 4 is 5.91 Å². The van der Waals surface area contributed by atoms with Crippen molar-refractivity contribution in [2.24, 2.45) is 0 Å². The van der Waals surface area contributed by atoms with Crippen molar-refractivity contribution in [3.05, 3.63) is 109 Å². The number of hydrogen-bond acceptors (Lipinski definition) is 8. The summed E-state index contributed by atoms with van der Waals surface area (Å²) in [7, 11) is 0. The molecule has 0 aromatic carbocycles. The fraction of sp³-hybridized carbons (Fsp3) is 0.759. The zero-order valence-electron chi connectivity index (χ0n) is 57.0. The van der Waals surface area contributed by atoms with Gasteiger partial charge in [-0.05, 0) is 96.3 Å². The Bertz CT molecular complexity index is 1760. The molecule has 0 aromatic rings. The predicted molar refractivity (Wildman–Crippen MR) is 377 cm³/mol. The lowest BCUT2D eigenvalue weighted by Gasteiger charge is -2.40. The van der Waals surface area contributed by atoms with Gasteiger partial charge in [-0.3, -0.25) is 4.79 Å². The lowest BCUT2D eigenvalue weighted by atomic mass is 9.99. The molecule has 508 valence electrons. The van der Waals surface area contributed by atoms with E-state index >= 15 is 0 Å². The van der Waals surface area contributed by atoms with E-state index in [1.807, 2.05) is 6.08 Å². The van der Waals surface area contributed by atoms with E-state index in [1.54, 1.807) is 6.08 Å². The van der Waals surface area contributed by atoms with Gasteiger partial charge in [0.2, 0.25) is 5.91 Å². The van der Waals surface area contributed by atoms with Gasteiger partial charge in [0.05, 0.1) is 25.4 Å². The summed E-state index contributed by atoms with van der Waals surface area (Å²) in [5.41, 5.74) is 0. The van der Waals surface area contributed by atoms with E-state index in [-0.39, 0.29) is 12.5 Å². The van der Waals surface area contributed by atoms with Crippen LogP contribution in [0, 0.1) is 0 Å². The van der Waals surface area contributed by atoms with Gasteiger partial charge in [0.15, 0.2) is 6.29 Å². The molecule has 9 heteroatoms. The molecule has 0 radical (unpaired) electrons. The lowest BCUT2D eigenvalue weighted by Crippen LogP contribution is -2.60. The number of nitrogens with one attached hydrogen (secondary N) is 1. The molecule has 9 nitrogen and oxygen atoms in total. The third kappa shape index (κ3) is 54.6.